The van der Waals surface area contributed by atoms with E-state index in [2.05, 4.69) is 31.1 Å². The standard InChI is InChI=1S/C22H27N3O4/c1-15-7-8-18(12-16(15)2)19-13-20(21-6-5-10-29-21)25(23-19)22(27)14-24(17(3)26)9-11-28-4/h5-8,10,12,20H,9,11,13-14H2,1-4H3/t20-/m1/s1. The molecule has 0 N–H and O–H groups in total. The summed E-state index contributed by atoms with van der Waals surface area (Å²) in [4.78, 5) is 26.4. The van der Waals surface area contributed by atoms with Crippen molar-refractivity contribution < 1.29 is 18.7 Å². The van der Waals surface area contributed by atoms with Crippen molar-refractivity contribution in [3.05, 3.63) is 59.0 Å². The minimum absolute atomic E-state index is 0.0559. The number of aryl methyl sites for hydroxylation is 2. The van der Waals surface area contributed by atoms with Crippen molar-refractivity contribution in [2.75, 3.05) is 26.8 Å². The van der Waals surface area contributed by atoms with E-state index >= 15 is 0 Å². The van der Waals surface area contributed by atoms with Gasteiger partial charge in [-0.15, -0.1) is 0 Å². The van der Waals surface area contributed by atoms with E-state index in [1.54, 1.807) is 19.4 Å². The number of rotatable bonds is 7. The molecule has 7 heteroatoms. The molecule has 2 aromatic rings. The van der Waals surface area contributed by atoms with Gasteiger partial charge in [0.25, 0.3) is 5.91 Å². The molecule has 1 atom stereocenters. The molecule has 29 heavy (non-hydrogen) atoms. The topological polar surface area (TPSA) is 75.3 Å². The summed E-state index contributed by atoms with van der Waals surface area (Å²) in [5.74, 6) is 0.242. The van der Waals surface area contributed by atoms with Gasteiger partial charge in [0.1, 0.15) is 18.3 Å². The van der Waals surface area contributed by atoms with E-state index in [4.69, 9.17) is 9.15 Å². The summed E-state index contributed by atoms with van der Waals surface area (Å²) in [6.07, 6.45) is 2.15. The number of carbonyl (C=O) groups is 2. The zero-order valence-electron chi connectivity index (χ0n) is 17.3. The predicted octanol–water partition coefficient (Wildman–Crippen LogP) is 3.07. The van der Waals surface area contributed by atoms with Crippen molar-refractivity contribution in [2.24, 2.45) is 5.10 Å². The van der Waals surface area contributed by atoms with Gasteiger partial charge in [-0.25, -0.2) is 5.01 Å². The Morgan fingerprint density at radius 2 is 2.07 bits per heavy atom. The van der Waals surface area contributed by atoms with E-state index in [9.17, 15) is 9.59 Å². The normalized spacial score (nSPS) is 16.1. The van der Waals surface area contributed by atoms with Crippen LogP contribution in [0.1, 0.15) is 41.8 Å². The van der Waals surface area contributed by atoms with Gasteiger partial charge < -0.3 is 14.1 Å². The number of carbonyl (C=O) groups excluding carboxylic acids is 2. The Labute approximate surface area is 170 Å². The van der Waals surface area contributed by atoms with Crippen LogP contribution in [0.5, 0.6) is 0 Å². The Morgan fingerprint density at radius 1 is 1.28 bits per heavy atom. The van der Waals surface area contributed by atoms with Gasteiger partial charge in [-0.05, 0) is 48.7 Å². The summed E-state index contributed by atoms with van der Waals surface area (Å²) in [6, 6.07) is 9.48. The van der Waals surface area contributed by atoms with Gasteiger partial charge in [0, 0.05) is 27.0 Å². The van der Waals surface area contributed by atoms with Crippen LogP contribution in [0.3, 0.4) is 0 Å². The van der Waals surface area contributed by atoms with Crippen LogP contribution in [0, 0.1) is 13.8 Å². The second-order valence-electron chi connectivity index (χ2n) is 7.25. The van der Waals surface area contributed by atoms with Gasteiger partial charge in [-0.2, -0.15) is 5.10 Å². The van der Waals surface area contributed by atoms with E-state index in [0.717, 1.165) is 11.3 Å². The predicted molar refractivity (Wildman–Crippen MR) is 109 cm³/mol. The lowest BCUT2D eigenvalue weighted by atomic mass is 9.99. The Bertz CT molecular complexity index is 905. The second kappa shape index (κ2) is 9.05. The van der Waals surface area contributed by atoms with Gasteiger partial charge in [0.05, 0.1) is 18.6 Å². The Balaban J connectivity index is 1.87. The van der Waals surface area contributed by atoms with Crippen LogP contribution in [0.25, 0.3) is 0 Å². The lowest BCUT2D eigenvalue weighted by molar-refractivity contribution is -0.141. The minimum atomic E-state index is -0.328. The van der Waals surface area contributed by atoms with E-state index in [1.807, 2.05) is 12.1 Å². The molecule has 0 saturated carbocycles. The number of furan rings is 1. The molecule has 1 aliphatic heterocycles. The quantitative estimate of drug-likeness (QED) is 0.720. The van der Waals surface area contributed by atoms with Crippen molar-refractivity contribution in [3.8, 4) is 0 Å². The van der Waals surface area contributed by atoms with Crippen LogP contribution in [0.15, 0.2) is 46.1 Å². The zero-order valence-corrected chi connectivity index (χ0v) is 17.3. The molecule has 154 valence electrons. The molecule has 1 aliphatic rings. The fourth-order valence-corrected chi connectivity index (χ4v) is 3.32. The maximum atomic E-state index is 13.1. The zero-order chi connectivity index (χ0) is 21.0. The molecular formula is C22H27N3O4. The van der Waals surface area contributed by atoms with E-state index in [0.29, 0.717) is 25.3 Å². The molecule has 1 aromatic heterocycles. The molecule has 2 heterocycles. The highest BCUT2D eigenvalue weighted by molar-refractivity contribution is 6.03. The largest absolute Gasteiger partial charge is 0.467 e. The molecule has 3 rings (SSSR count). The molecule has 0 spiro atoms. The van der Waals surface area contributed by atoms with Crippen LogP contribution >= 0.6 is 0 Å². The highest BCUT2D eigenvalue weighted by atomic mass is 16.5. The van der Waals surface area contributed by atoms with Gasteiger partial charge >= 0.3 is 0 Å². The molecule has 7 nitrogen and oxygen atoms in total. The van der Waals surface area contributed by atoms with Crippen molar-refractivity contribution >= 4 is 17.5 Å². The van der Waals surface area contributed by atoms with E-state index in [-0.39, 0.29) is 24.4 Å². The summed E-state index contributed by atoms with van der Waals surface area (Å²) >= 11 is 0. The van der Waals surface area contributed by atoms with Crippen LogP contribution in [-0.4, -0.2) is 54.2 Å². The average Bonchev–Trinajstić information content (AvgIpc) is 3.36. The third-order valence-corrected chi connectivity index (χ3v) is 5.21. The fourth-order valence-electron chi connectivity index (χ4n) is 3.32. The molecule has 0 bridgehead atoms. The van der Waals surface area contributed by atoms with Gasteiger partial charge in [-0.3, -0.25) is 9.59 Å². The van der Waals surface area contributed by atoms with Crippen molar-refractivity contribution in [1.82, 2.24) is 9.91 Å². The smallest absolute Gasteiger partial charge is 0.262 e. The maximum Gasteiger partial charge on any atom is 0.262 e. The molecule has 2 amide bonds. The lowest BCUT2D eigenvalue weighted by Crippen LogP contribution is -2.41. The molecule has 0 aliphatic carbocycles. The minimum Gasteiger partial charge on any atom is -0.467 e. The lowest BCUT2D eigenvalue weighted by Gasteiger charge is -2.25. The van der Waals surface area contributed by atoms with Crippen molar-refractivity contribution in [3.63, 3.8) is 0 Å². The Hall–Kier alpha value is -2.93. The maximum absolute atomic E-state index is 13.1. The van der Waals surface area contributed by atoms with E-state index < -0.39 is 0 Å². The first-order valence-electron chi connectivity index (χ1n) is 9.65. The Kier molecular flexibility index (Phi) is 6.49. The van der Waals surface area contributed by atoms with E-state index in [1.165, 1.54) is 28.0 Å². The molecule has 0 unspecified atom stereocenters. The summed E-state index contributed by atoms with van der Waals surface area (Å²) in [7, 11) is 1.56. The monoisotopic (exact) mass is 397 g/mol. The number of hydrogen-bond donors (Lipinski definition) is 0. The number of hydrogen-bond acceptors (Lipinski definition) is 5. The third kappa shape index (κ3) is 4.74. The highest BCUT2D eigenvalue weighted by Crippen LogP contribution is 2.33. The number of amides is 2. The highest BCUT2D eigenvalue weighted by Gasteiger charge is 2.35. The summed E-state index contributed by atoms with van der Waals surface area (Å²) in [6.45, 7) is 6.23. The molecule has 0 saturated heterocycles. The first-order valence-corrected chi connectivity index (χ1v) is 9.65. The summed E-state index contributed by atoms with van der Waals surface area (Å²) in [5, 5.41) is 6.08. The third-order valence-electron chi connectivity index (χ3n) is 5.21. The van der Waals surface area contributed by atoms with Crippen molar-refractivity contribution in [1.29, 1.82) is 0 Å². The number of nitrogens with zero attached hydrogens (tertiary/aromatic N) is 3. The first kappa shape index (κ1) is 20.8. The van der Waals surface area contributed by atoms with Crippen LogP contribution in [-0.2, 0) is 14.3 Å². The number of ether oxygens (including phenoxy) is 1. The van der Waals surface area contributed by atoms with Crippen molar-refractivity contribution in [2.45, 2.75) is 33.2 Å². The van der Waals surface area contributed by atoms with Crippen LogP contribution < -0.4 is 0 Å². The molecule has 0 fully saturated rings. The average molecular weight is 397 g/mol. The van der Waals surface area contributed by atoms with Gasteiger partial charge in [0.15, 0.2) is 0 Å². The molecular weight excluding hydrogens is 370 g/mol. The second-order valence-corrected chi connectivity index (χ2v) is 7.25. The first-order chi connectivity index (χ1) is 13.9. The van der Waals surface area contributed by atoms with Gasteiger partial charge in [-0.1, -0.05) is 12.1 Å². The SMILES string of the molecule is COCCN(CC(=O)N1N=C(c2ccc(C)c(C)c2)C[C@@H]1c1ccco1)C(C)=O. The summed E-state index contributed by atoms with van der Waals surface area (Å²) < 4.78 is 10.6. The van der Waals surface area contributed by atoms with Crippen LogP contribution in [0.4, 0.5) is 0 Å². The number of hydrazone groups is 1. The number of methoxy groups -OCH3 is 1. The molecule has 0 radical (unpaired) electrons. The number of benzene rings is 1. The molecule has 1 aromatic carbocycles. The Morgan fingerprint density at radius 3 is 2.69 bits per heavy atom. The van der Waals surface area contributed by atoms with Gasteiger partial charge in [0.2, 0.25) is 5.91 Å². The fraction of sp³-hybridized carbons (Fsp3) is 0.409. The summed E-state index contributed by atoms with van der Waals surface area (Å²) in [5.41, 5.74) is 4.20. The van der Waals surface area contributed by atoms with Crippen LogP contribution in [0.2, 0.25) is 0 Å².